The molecule has 1 heterocycles. The van der Waals surface area contributed by atoms with Crippen molar-refractivity contribution in [3.05, 3.63) is 58.6 Å². The number of hydrogen-bond acceptors (Lipinski definition) is 4. The zero-order valence-electron chi connectivity index (χ0n) is 13.0. The van der Waals surface area contributed by atoms with Gasteiger partial charge in [-0.25, -0.2) is 0 Å². The van der Waals surface area contributed by atoms with Crippen LogP contribution >= 0.6 is 11.6 Å². The highest BCUT2D eigenvalue weighted by molar-refractivity contribution is 6.33. The molecule has 2 aromatic carbocycles. The number of para-hydroxylation sites is 1. The van der Waals surface area contributed by atoms with Crippen molar-refractivity contribution in [2.75, 3.05) is 36.5 Å². The lowest BCUT2D eigenvalue weighted by atomic mass is 10.1. The molecule has 2 N–H and O–H groups in total. The summed E-state index contributed by atoms with van der Waals surface area (Å²) in [6.45, 7) is 4.06. The van der Waals surface area contributed by atoms with Crippen LogP contribution in [-0.2, 0) is 17.9 Å². The van der Waals surface area contributed by atoms with Crippen molar-refractivity contribution in [3.63, 3.8) is 0 Å². The van der Waals surface area contributed by atoms with Gasteiger partial charge in [-0.1, -0.05) is 35.9 Å². The third-order valence-electron chi connectivity index (χ3n) is 4.03. The molecule has 0 amide bonds. The summed E-state index contributed by atoms with van der Waals surface area (Å²) in [6.07, 6.45) is 0. The van der Waals surface area contributed by atoms with Gasteiger partial charge in [0.15, 0.2) is 0 Å². The molecule has 0 atom stereocenters. The smallest absolute Gasteiger partial charge is 0.0682 e. The van der Waals surface area contributed by atoms with Crippen LogP contribution in [0, 0.1) is 0 Å². The van der Waals surface area contributed by atoms with Crippen molar-refractivity contribution in [1.82, 2.24) is 0 Å². The number of benzene rings is 2. The number of rotatable bonds is 5. The summed E-state index contributed by atoms with van der Waals surface area (Å²) >= 11 is 6.24. The standard InChI is InChI=1S/C18H21ClN2O2/c19-16-6-5-14(13-22)11-17(16)20-12-15-3-1-2-4-18(15)21-7-9-23-10-8-21/h1-6,11,20,22H,7-10,12-13H2. The molecule has 23 heavy (non-hydrogen) atoms. The van der Waals surface area contributed by atoms with Gasteiger partial charge in [0.05, 0.1) is 30.5 Å². The number of aliphatic hydroxyl groups is 1. The van der Waals surface area contributed by atoms with E-state index in [4.69, 9.17) is 16.3 Å². The van der Waals surface area contributed by atoms with Crippen molar-refractivity contribution in [3.8, 4) is 0 Å². The first-order valence-electron chi connectivity index (χ1n) is 7.81. The Hall–Kier alpha value is -1.75. The van der Waals surface area contributed by atoms with E-state index in [0.29, 0.717) is 11.6 Å². The minimum Gasteiger partial charge on any atom is -0.392 e. The lowest BCUT2D eigenvalue weighted by Crippen LogP contribution is -2.36. The molecule has 0 radical (unpaired) electrons. The first-order valence-corrected chi connectivity index (χ1v) is 8.19. The van der Waals surface area contributed by atoms with Crippen LogP contribution in [0.25, 0.3) is 0 Å². The Bertz CT molecular complexity index is 657. The topological polar surface area (TPSA) is 44.7 Å². The third kappa shape index (κ3) is 3.96. The molecule has 0 unspecified atom stereocenters. The molecule has 4 nitrogen and oxygen atoms in total. The lowest BCUT2D eigenvalue weighted by molar-refractivity contribution is 0.122. The lowest BCUT2D eigenvalue weighted by Gasteiger charge is -2.30. The molecule has 1 saturated heterocycles. The van der Waals surface area contributed by atoms with E-state index in [0.717, 1.165) is 37.6 Å². The molecule has 1 aliphatic rings. The van der Waals surface area contributed by atoms with Gasteiger partial charge in [-0.05, 0) is 29.3 Å². The fourth-order valence-electron chi connectivity index (χ4n) is 2.77. The van der Waals surface area contributed by atoms with Gasteiger partial charge in [-0.3, -0.25) is 0 Å². The molecule has 0 aliphatic carbocycles. The Morgan fingerprint density at radius 1 is 1.13 bits per heavy atom. The number of ether oxygens (including phenoxy) is 1. The number of hydrogen-bond donors (Lipinski definition) is 2. The van der Waals surface area contributed by atoms with Crippen LogP contribution < -0.4 is 10.2 Å². The van der Waals surface area contributed by atoms with Crippen molar-refractivity contribution < 1.29 is 9.84 Å². The number of nitrogens with zero attached hydrogens (tertiary/aromatic N) is 1. The first-order chi connectivity index (χ1) is 11.3. The Morgan fingerprint density at radius 3 is 2.70 bits per heavy atom. The fraction of sp³-hybridized carbons (Fsp3) is 0.333. The Morgan fingerprint density at radius 2 is 1.91 bits per heavy atom. The molecule has 0 aromatic heterocycles. The van der Waals surface area contributed by atoms with E-state index in [2.05, 4.69) is 28.4 Å². The van der Waals surface area contributed by atoms with Crippen LogP contribution in [0.3, 0.4) is 0 Å². The van der Waals surface area contributed by atoms with Gasteiger partial charge in [0.1, 0.15) is 0 Å². The van der Waals surface area contributed by atoms with Gasteiger partial charge in [-0.2, -0.15) is 0 Å². The molecule has 1 aliphatic heterocycles. The highest BCUT2D eigenvalue weighted by atomic mass is 35.5. The average molecular weight is 333 g/mol. The summed E-state index contributed by atoms with van der Waals surface area (Å²) in [5, 5.41) is 13.3. The Kier molecular flexibility index (Phi) is 5.39. The van der Waals surface area contributed by atoms with E-state index in [9.17, 15) is 5.11 Å². The first kappa shape index (κ1) is 16.1. The zero-order valence-corrected chi connectivity index (χ0v) is 13.7. The quantitative estimate of drug-likeness (QED) is 0.882. The molecule has 0 bridgehead atoms. The number of nitrogens with one attached hydrogen (secondary N) is 1. The molecular formula is C18H21ClN2O2. The summed E-state index contributed by atoms with van der Waals surface area (Å²) in [6, 6.07) is 13.9. The van der Waals surface area contributed by atoms with E-state index >= 15 is 0 Å². The molecular weight excluding hydrogens is 312 g/mol. The predicted octanol–water partition coefficient (Wildman–Crippen LogP) is 3.28. The van der Waals surface area contributed by atoms with Crippen molar-refractivity contribution >= 4 is 23.0 Å². The number of anilines is 2. The van der Waals surface area contributed by atoms with Gasteiger partial charge < -0.3 is 20.1 Å². The zero-order chi connectivity index (χ0) is 16.1. The van der Waals surface area contributed by atoms with Gasteiger partial charge in [-0.15, -0.1) is 0 Å². The molecule has 5 heteroatoms. The highest BCUT2D eigenvalue weighted by Crippen LogP contribution is 2.26. The van der Waals surface area contributed by atoms with E-state index in [1.807, 2.05) is 24.3 Å². The van der Waals surface area contributed by atoms with Crippen molar-refractivity contribution in [2.45, 2.75) is 13.2 Å². The summed E-state index contributed by atoms with van der Waals surface area (Å²) in [7, 11) is 0. The minimum atomic E-state index is 0.0101. The van der Waals surface area contributed by atoms with E-state index in [-0.39, 0.29) is 6.61 Å². The maximum atomic E-state index is 9.26. The van der Waals surface area contributed by atoms with E-state index < -0.39 is 0 Å². The van der Waals surface area contributed by atoms with Gasteiger partial charge in [0.2, 0.25) is 0 Å². The van der Waals surface area contributed by atoms with Crippen molar-refractivity contribution in [1.29, 1.82) is 0 Å². The number of halogens is 1. The maximum Gasteiger partial charge on any atom is 0.0682 e. The normalized spacial score (nSPS) is 14.8. The summed E-state index contributed by atoms with van der Waals surface area (Å²) in [4.78, 5) is 2.35. The number of aliphatic hydroxyl groups excluding tert-OH is 1. The van der Waals surface area contributed by atoms with Crippen molar-refractivity contribution in [2.24, 2.45) is 0 Å². The van der Waals surface area contributed by atoms with Crippen LogP contribution in [0.4, 0.5) is 11.4 Å². The van der Waals surface area contributed by atoms with Gasteiger partial charge in [0, 0.05) is 25.3 Å². The maximum absolute atomic E-state index is 9.26. The van der Waals surface area contributed by atoms with Crippen LogP contribution in [0.1, 0.15) is 11.1 Å². The largest absolute Gasteiger partial charge is 0.392 e. The fourth-order valence-corrected chi connectivity index (χ4v) is 2.95. The molecule has 122 valence electrons. The van der Waals surface area contributed by atoms with Crippen LogP contribution in [0.5, 0.6) is 0 Å². The second-order valence-corrected chi connectivity index (χ2v) is 5.96. The Balaban J connectivity index is 1.75. The molecule has 1 fully saturated rings. The SMILES string of the molecule is OCc1ccc(Cl)c(NCc2ccccc2N2CCOCC2)c1. The molecule has 3 rings (SSSR count). The monoisotopic (exact) mass is 332 g/mol. The summed E-state index contributed by atoms with van der Waals surface area (Å²) in [5.41, 5.74) is 4.14. The van der Waals surface area contributed by atoms with E-state index in [1.54, 1.807) is 0 Å². The second kappa shape index (κ2) is 7.68. The molecule has 0 saturated carbocycles. The minimum absolute atomic E-state index is 0.0101. The van der Waals surface area contributed by atoms with Crippen LogP contribution in [-0.4, -0.2) is 31.4 Å². The predicted molar refractivity (Wildman–Crippen MR) is 94.2 cm³/mol. The Labute approximate surface area is 141 Å². The van der Waals surface area contributed by atoms with Gasteiger partial charge >= 0.3 is 0 Å². The summed E-state index contributed by atoms with van der Waals surface area (Å²) in [5.74, 6) is 0. The third-order valence-corrected chi connectivity index (χ3v) is 4.36. The second-order valence-electron chi connectivity index (χ2n) is 5.55. The number of morpholine rings is 1. The van der Waals surface area contributed by atoms with Gasteiger partial charge in [0.25, 0.3) is 0 Å². The molecule has 0 spiro atoms. The molecule has 2 aromatic rings. The van der Waals surface area contributed by atoms with Crippen LogP contribution in [0.15, 0.2) is 42.5 Å². The highest BCUT2D eigenvalue weighted by Gasteiger charge is 2.14. The average Bonchev–Trinajstić information content (AvgIpc) is 2.62. The van der Waals surface area contributed by atoms with E-state index in [1.165, 1.54) is 11.3 Å². The van der Waals surface area contributed by atoms with Crippen LogP contribution in [0.2, 0.25) is 5.02 Å². The summed E-state index contributed by atoms with van der Waals surface area (Å²) < 4.78 is 5.43.